The number of anilines is 1. The number of rotatable bonds is 6. The van der Waals surface area contributed by atoms with Gasteiger partial charge in [0.25, 0.3) is 0 Å². The maximum atomic E-state index is 13.2. The molecule has 1 heterocycles. The molecule has 8 heteroatoms. The number of hydrogen-bond acceptors (Lipinski definition) is 4. The highest BCUT2D eigenvalue weighted by Crippen LogP contribution is 2.31. The van der Waals surface area contributed by atoms with Crippen molar-refractivity contribution in [3.63, 3.8) is 0 Å². The molecular weight excluding hydrogens is 395 g/mol. The Kier molecular flexibility index (Phi) is 6.66. The van der Waals surface area contributed by atoms with Crippen LogP contribution in [-0.2, 0) is 14.8 Å². The fourth-order valence-corrected chi connectivity index (χ4v) is 4.87. The molecule has 0 spiro atoms. The van der Waals surface area contributed by atoms with Crippen LogP contribution in [0.25, 0.3) is 6.08 Å². The van der Waals surface area contributed by atoms with Gasteiger partial charge in [-0.05, 0) is 54.8 Å². The summed E-state index contributed by atoms with van der Waals surface area (Å²) >= 11 is 0. The number of nitrogens with one attached hydrogen (secondary N) is 1. The van der Waals surface area contributed by atoms with E-state index in [0.29, 0.717) is 24.3 Å². The predicted molar refractivity (Wildman–Crippen MR) is 110 cm³/mol. The summed E-state index contributed by atoms with van der Waals surface area (Å²) in [4.78, 5) is 12.2. The lowest BCUT2D eigenvalue weighted by atomic mass is 10.2. The molecule has 3 rings (SSSR count). The normalized spacial score (nSPS) is 15.4. The number of carbonyl (C=O) groups is 1. The Hall–Kier alpha value is -2.71. The zero-order valence-corrected chi connectivity index (χ0v) is 16.9. The first-order chi connectivity index (χ1) is 13.9. The van der Waals surface area contributed by atoms with Crippen molar-refractivity contribution in [2.75, 3.05) is 25.5 Å². The van der Waals surface area contributed by atoms with Crippen LogP contribution in [0.15, 0.2) is 53.4 Å². The summed E-state index contributed by atoms with van der Waals surface area (Å²) in [5, 5.41) is 2.64. The number of piperidine rings is 1. The Morgan fingerprint density at radius 2 is 1.90 bits per heavy atom. The van der Waals surface area contributed by atoms with Crippen molar-refractivity contribution >= 4 is 27.7 Å². The summed E-state index contributed by atoms with van der Waals surface area (Å²) in [7, 11) is -2.32. The van der Waals surface area contributed by atoms with Gasteiger partial charge < -0.3 is 10.1 Å². The number of sulfonamides is 1. The van der Waals surface area contributed by atoms with Gasteiger partial charge in [-0.3, -0.25) is 4.79 Å². The van der Waals surface area contributed by atoms with Crippen molar-refractivity contribution in [1.29, 1.82) is 0 Å². The zero-order valence-electron chi connectivity index (χ0n) is 16.1. The minimum atomic E-state index is -3.73. The molecule has 2 aromatic carbocycles. The monoisotopic (exact) mass is 418 g/mol. The number of carbonyl (C=O) groups excluding carboxylic acids is 1. The largest absolute Gasteiger partial charge is 0.495 e. The number of benzene rings is 2. The minimum absolute atomic E-state index is 0.0220. The average molecular weight is 418 g/mol. The first-order valence-electron chi connectivity index (χ1n) is 9.33. The van der Waals surface area contributed by atoms with Gasteiger partial charge in [-0.15, -0.1) is 0 Å². The second-order valence-corrected chi connectivity index (χ2v) is 8.61. The number of halogens is 1. The maximum absolute atomic E-state index is 13.2. The minimum Gasteiger partial charge on any atom is -0.495 e. The fourth-order valence-electron chi connectivity index (χ4n) is 3.17. The van der Waals surface area contributed by atoms with Crippen molar-refractivity contribution in [3.8, 4) is 5.75 Å². The Morgan fingerprint density at radius 1 is 1.14 bits per heavy atom. The molecule has 0 radical (unpaired) electrons. The average Bonchev–Trinajstić information content (AvgIpc) is 2.73. The topological polar surface area (TPSA) is 75.7 Å². The molecule has 0 aliphatic carbocycles. The molecule has 6 nitrogen and oxygen atoms in total. The Balaban J connectivity index is 1.80. The van der Waals surface area contributed by atoms with E-state index in [0.717, 1.165) is 19.3 Å². The summed E-state index contributed by atoms with van der Waals surface area (Å²) in [5.41, 5.74) is 0.874. The third-order valence-electron chi connectivity index (χ3n) is 4.64. The smallest absolute Gasteiger partial charge is 0.248 e. The summed E-state index contributed by atoms with van der Waals surface area (Å²) in [6.45, 7) is 0.941. The van der Waals surface area contributed by atoms with Crippen LogP contribution in [0.1, 0.15) is 24.8 Å². The van der Waals surface area contributed by atoms with Crippen LogP contribution in [0.2, 0.25) is 0 Å². The number of methoxy groups -OCH3 is 1. The summed E-state index contributed by atoms with van der Waals surface area (Å²) in [6, 6.07) is 10.3. The van der Waals surface area contributed by atoms with Crippen LogP contribution in [0.5, 0.6) is 5.75 Å². The third kappa shape index (κ3) is 5.21. The van der Waals surface area contributed by atoms with E-state index in [1.165, 1.54) is 47.8 Å². The van der Waals surface area contributed by atoms with Crippen LogP contribution < -0.4 is 10.1 Å². The molecule has 1 fully saturated rings. The summed E-state index contributed by atoms with van der Waals surface area (Å²) in [5.74, 6) is -0.625. The Morgan fingerprint density at radius 3 is 2.59 bits per heavy atom. The lowest BCUT2D eigenvalue weighted by Gasteiger charge is -2.26. The van der Waals surface area contributed by atoms with E-state index in [4.69, 9.17) is 4.74 Å². The second kappa shape index (κ2) is 9.19. The number of hydrogen-bond donors (Lipinski definition) is 1. The van der Waals surface area contributed by atoms with Crippen LogP contribution in [0.4, 0.5) is 10.1 Å². The van der Waals surface area contributed by atoms with Gasteiger partial charge in [-0.25, -0.2) is 12.8 Å². The lowest BCUT2D eigenvalue weighted by Crippen LogP contribution is -2.35. The van der Waals surface area contributed by atoms with Crippen molar-refractivity contribution in [3.05, 3.63) is 59.9 Å². The Labute approximate surface area is 170 Å². The van der Waals surface area contributed by atoms with Gasteiger partial charge >= 0.3 is 0 Å². The molecule has 1 saturated heterocycles. The molecule has 0 bridgehead atoms. The fraction of sp³-hybridized carbons (Fsp3) is 0.286. The summed E-state index contributed by atoms with van der Waals surface area (Å²) < 4.78 is 46.0. The number of amides is 1. The highest BCUT2D eigenvalue weighted by molar-refractivity contribution is 7.89. The molecule has 1 aliphatic heterocycles. The zero-order chi connectivity index (χ0) is 20.9. The van der Waals surface area contributed by atoms with E-state index in [2.05, 4.69) is 5.32 Å². The molecular formula is C21H23FN2O4S. The van der Waals surface area contributed by atoms with Gasteiger partial charge in [0.1, 0.15) is 16.5 Å². The first kappa shape index (κ1) is 21.0. The highest BCUT2D eigenvalue weighted by atomic mass is 32.2. The van der Waals surface area contributed by atoms with E-state index < -0.39 is 21.7 Å². The quantitative estimate of drug-likeness (QED) is 0.727. The predicted octanol–water partition coefficient (Wildman–Crippen LogP) is 3.66. The SMILES string of the molecule is COc1ccc(NC(=O)C=Cc2cccc(F)c2)cc1S(=O)(=O)N1CCCCC1. The molecule has 1 amide bonds. The van der Waals surface area contributed by atoms with Gasteiger partial charge in [-0.1, -0.05) is 18.6 Å². The number of ether oxygens (including phenoxy) is 1. The van der Waals surface area contributed by atoms with Gasteiger partial charge in [0.15, 0.2) is 0 Å². The van der Waals surface area contributed by atoms with E-state index >= 15 is 0 Å². The summed E-state index contributed by atoms with van der Waals surface area (Å²) in [6.07, 6.45) is 5.40. The van der Waals surface area contributed by atoms with Crippen molar-refractivity contribution < 1.29 is 22.3 Å². The standard InChI is InChI=1S/C21H23FN2O4S/c1-28-19-10-9-18(15-20(19)29(26,27)24-12-3-2-4-13-24)23-21(25)11-8-16-6-5-7-17(22)14-16/h5-11,14-15H,2-4,12-13H2,1H3,(H,23,25). The molecule has 2 aromatic rings. The van der Waals surface area contributed by atoms with E-state index in [-0.39, 0.29) is 10.6 Å². The van der Waals surface area contributed by atoms with Crippen molar-refractivity contribution in [2.45, 2.75) is 24.2 Å². The molecule has 0 unspecified atom stereocenters. The lowest BCUT2D eigenvalue weighted by molar-refractivity contribution is -0.111. The molecule has 0 atom stereocenters. The van der Waals surface area contributed by atoms with Crippen LogP contribution >= 0.6 is 0 Å². The van der Waals surface area contributed by atoms with Gasteiger partial charge in [0.05, 0.1) is 7.11 Å². The molecule has 0 saturated carbocycles. The second-order valence-electron chi connectivity index (χ2n) is 6.71. The van der Waals surface area contributed by atoms with Crippen LogP contribution in [-0.4, -0.2) is 38.8 Å². The Bertz CT molecular complexity index is 1020. The molecule has 0 aromatic heterocycles. The highest BCUT2D eigenvalue weighted by Gasteiger charge is 2.29. The van der Waals surface area contributed by atoms with Gasteiger partial charge in [0, 0.05) is 24.9 Å². The van der Waals surface area contributed by atoms with Crippen LogP contribution in [0, 0.1) is 5.82 Å². The van der Waals surface area contributed by atoms with Crippen LogP contribution in [0.3, 0.4) is 0 Å². The van der Waals surface area contributed by atoms with Gasteiger partial charge in [-0.2, -0.15) is 4.31 Å². The van der Waals surface area contributed by atoms with E-state index in [1.54, 1.807) is 18.2 Å². The molecule has 1 N–H and O–H groups in total. The van der Waals surface area contributed by atoms with Gasteiger partial charge in [0.2, 0.25) is 15.9 Å². The first-order valence-corrected chi connectivity index (χ1v) is 10.8. The van der Waals surface area contributed by atoms with Crippen molar-refractivity contribution in [1.82, 2.24) is 4.31 Å². The number of nitrogens with zero attached hydrogens (tertiary/aromatic N) is 1. The molecule has 29 heavy (non-hydrogen) atoms. The third-order valence-corrected chi connectivity index (χ3v) is 6.56. The van der Waals surface area contributed by atoms with Crippen molar-refractivity contribution in [2.24, 2.45) is 0 Å². The van der Waals surface area contributed by atoms with E-state index in [9.17, 15) is 17.6 Å². The molecule has 1 aliphatic rings. The van der Waals surface area contributed by atoms with E-state index in [1.807, 2.05) is 0 Å². The molecule has 154 valence electrons. The maximum Gasteiger partial charge on any atom is 0.248 e.